The number of carbonyl (C=O) groups is 1. The van der Waals surface area contributed by atoms with Crippen LogP contribution in [0.3, 0.4) is 0 Å². The fourth-order valence-electron chi connectivity index (χ4n) is 4.81. The third kappa shape index (κ3) is 7.14. The lowest BCUT2D eigenvalue weighted by atomic mass is 9.95. The first kappa shape index (κ1) is 28.7. The molecule has 202 valence electrons. The van der Waals surface area contributed by atoms with Crippen molar-refractivity contribution in [2.75, 3.05) is 33.1 Å². The average Bonchev–Trinajstić information content (AvgIpc) is 3.23. The predicted molar refractivity (Wildman–Crippen MR) is 151 cm³/mol. The summed E-state index contributed by atoms with van der Waals surface area (Å²) in [5, 5.41) is 11.1. The summed E-state index contributed by atoms with van der Waals surface area (Å²) in [5.74, 6) is 0.225. The summed E-state index contributed by atoms with van der Waals surface area (Å²) in [6.07, 6.45) is 7.20. The maximum Gasteiger partial charge on any atom is 0.251 e. The van der Waals surface area contributed by atoms with Gasteiger partial charge in [0.1, 0.15) is 0 Å². The molecule has 8 nitrogen and oxygen atoms in total. The summed E-state index contributed by atoms with van der Waals surface area (Å²) in [5.41, 5.74) is 5.45. The fraction of sp³-hybridized carbons (Fsp3) is 0.536. The van der Waals surface area contributed by atoms with Gasteiger partial charge in [-0.05, 0) is 78.4 Å². The van der Waals surface area contributed by atoms with E-state index in [-0.39, 0.29) is 12.5 Å². The van der Waals surface area contributed by atoms with E-state index in [1.54, 1.807) is 17.7 Å². The monoisotopic (exact) mass is 528 g/mol. The van der Waals surface area contributed by atoms with E-state index in [1.165, 1.54) is 32.1 Å². The van der Waals surface area contributed by atoms with Crippen LogP contribution in [0.25, 0.3) is 5.65 Å². The van der Waals surface area contributed by atoms with Crippen molar-refractivity contribution in [3.8, 4) is 5.88 Å². The van der Waals surface area contributed by atoms with E-state index in [9.17, 15) is 4.79 Å². The summed E-state index contributed by atoms with van der Waals surface area (Å²) in [6.45, 7) is 8.75. The molecule has 2 N–H and O–H groups in total. The Morgan fingerprint density at radius 1 is 1.16 bits per heavy atom. The van der Waals surface area contributed by atoms with Crippen LogP contribution < -0.4 is 15.4 Å². The Kier molecular flexibility index (Phi) is 10.2. The average molecular weight is 529 g/mol. The molecule has 1 saturated carbocycles. The van der Waals surface area contributed by atoms with Crippen LogP contribution >= 0.6 is 11.6 Å². The Hall–Kier alpha value is -2.84. The Morgan fingerprint density at radius 3 is 2.46 bits per heavy atom. The molecule has 0 atom stereocenters. The standard InChI is InChI=1S/C20H24ClN5O2.C8H17N/c1-6-22-17-9-14(21)8-15(13(17)4)19(27)23-10-16-18-24-11(2)7-12(3)26(18)25-20(16)28-5;1-9(2)8-6-4-3-5-7-8/h7-9,22H,6,10H2,1-5H3,(H,23,27);8H,3-7H2,1-2H3. The maximum absolute atomic E-state index is 12.9. The molecule has 0 saturated heterocycles. The zero-order valence-electron chi connectivity index (χ0n) is 23.2. The smallest absolute Gasteiger partial charge is 0.251 e. The third-order valence-corrected chi connectivity index (χ3v) is 7.08. The van der Waals surface area contributed by atoms with Gasteiger partial charge in [-0.25, -0.2) is 9.50 Å². The Bertz CT molecular complexity index is 1220. The number of aromatic nitrogens is 3. The lowest BCUT2D eigenvalue weighted by molar-refractivity contribution is 0.0950. The molecule has 9 heteroatoms. The molecule has 0 unspecified atom stereocenters. The number of nitrogens with one attached hydrogen (secondary N) is 2. The van der Waals surface area contributed by atoms with E-state index >= 15 is 0 Å². The molecule has 1 aromatic carbocycles. The van der Waals surface area contributed by atoms with Crippen molar-refractivity contribution in [1.29, 1.82) is 0 Å². The number of methoxy groups -OCH3 is 1. The van der Waals surface area contributed by atoms with Gasteiger partial charge in [-0.1, -0.05) is 30.9 Å². The Balaban J connectivity index is 0.000000356. The second-order valence-electron chi connectivity index (χ2n) is 9.86. The van der Waals surface area contributed by atoms with Gasteiger partial charge in [0.25, 0.3) is 5.91 Å². The zero-order chi connectivity index (χ0) is 27.1. The minimum absolute atomic E-state index is 0.218. The first-order valence-corrected chi connectivity index (χ1v) is 13.4. The van der Waals surface area contributed by atoms with Gasteiger partial charge in [0, 0.05) is 40.2 Å². The van der Waals surface area contributed by atoms with E-state index in [2.05, 4.69) is 39.7 Å². The molecule has 4 rings (SSSR count). The molecule has 2 aromatic heterocycles. The van der Waals surface area contributed by atoms with E-state index in [1.807, 2.05) is 39.8 Å². The summed E-state index contributed by atoms with van der Waals surface area (Å²) >= 11 is 6.20. The van der Waals surface area contributed by atoms with Crippen LogP contribution in [-0.2, 0) is 6.54 Å². The molecular weight excluding hydrogens is 488 g/mol. The summed E-state index contributed by atoms with van der Waals surface area (Å²) < 4.78 is 7.13. The quantitative estimate of drug-likeness (QED) is 0.418. The van der Waals surface area contributed by atoms with E-state index in [4.69, 9.17) is 16.3 Å². The van der Waals surface area contributed by atoms with Crippen molar-refractivity contribution in [3.05, 3.63) is 51.3 Å². The predicted octanol–water partition coefficient (Wildman–Crippen LogP) is 5.56. The molecular formula is C28H41ClN6O2. The van der Waals surface area contributed by atoms with Crippen molar-refractivity contribution in [1.82, 2.24) is 24.8 Å². The van der Waals surface area contributed by atoms with E-state index < -0.39 is 0 Å². The molecule has 0 radical (unpaired) electrons. The first-order valence-electron chi connectivity index (χ1n) is 13.0. The Labute approximate surface area is 225 Å². The molecule has 0 spiro atoms. The molecule has 1 aliphatic rings. The number of benzene rings is 1. The lowest BCUT2D eigenvalue weighted by Crippen LogP contribution is -2.29. The van der Waals surface area contributed by atoms with Gasteiger partial charge in [-0.2, -0.15) is 0 Å². The van der Waals surface area contributed by atoms with E-state index in [0.29, 0.717) is 22.1 Å². The number of nitrogens with zero attached hydrogens (tertiary/aromatic N) is 4. The third-order valence-electron chi connectivity index (χ3n) is 6.86. The largest absolute Gasteiger partial charge is 0.480 e. The molecule has 1 aliphatic carbocycles. The molecule has 2 heterocycles. The number of halogens is 1. The number of rotatable bonds is 7. The molecule has 1 fully saturated rings. The number of amides is 1. The minimum Gasteiger partial charge on any atom is -0.480 e. The first-order chi connectivity index (χ1) is 17.7. The number of aryl methyl sites for hydroxylation is 2. The number of hydrogen-bond donors (Lipinski definition) is 2. The second-order valence-corrected chi connectivity index (χ2v) is 10.3. The van der Waals surface area contributed by atoms with Gasteiger partial charge in [-0.15, -0.1) is 5.10 Å². The molecule has 0 aliphatic heterocycles. The molecule has 3 aromatic rings. The highest BCUT2D eigenvalue weighted by molar-refractivity contribution is 6.31. The van der Waals surface area contributed by atoms with Crippen LogP contribution in [0.4, 0.5) is 5.69 Å². The normalized spacial score (nSPS) is 13.9. The zero-order valence-corrected chi connectivity index (χ0v) is 24.0. The highest BCUT2D eigenvalue weighted by atomic mass is 35.5. The summed E-state index contributed by atoms with van der Waals surface area (Å²) in [7, 11) is 5.94. The minimum atomic E-state index is -0.218. The fourth-order valence-corrected chi connectivity index (χ4v) is 5.03. The van der Waals surface area contributed by atoms with Gasteiger partial charge in [0.15, 0.2) is 5.65 Å². The number of ether oxygens (including phenoxy) is 1. The summed E-state index contributed by atoms with van der Waals surface area (Å²) in [6, 6.07) is 6.33. The van der Waals surface area contributed by atoms with Crippen molar-refractivity contribution in [3.63, 3.8) is 0 Å². The van der Waals surface area contributed by atoms with E-state index in [0.717, 1.165) is 40.8 Å². The van der Waals surface area contributed by atoms with Gasteiger partial charge >= 0.3 is 0 Å². The van der Waals surface area contributed by atoms with Crippen molar-refractivity contribution >= 4 is 28.8 Å². The van der Waals surface area contributed by atoms with Gasteiger partial charge in [-0.3, -0.25) is 4.79 Å². The highest BCUT2D eigenvalue weighted by Crippen LogP contribution is 2.26. The Morgan fingerprint density at radius 2 is 1.86 bits per heavy atom. The van der Waals surface area contributed by atoms with Crippen LogP contribution in [0.1, 0.15) is 71.9 Å². The summed E-state index contributed by atoms with van der Waals surface area (Å²) in [4.78, 5) is 19.8. The van der Waals surface area contributed by atoms with Crippen LogP contribution in [0.2, 0.25) is 5.02 Å². The van der Waals surface area contributed by atoms with Crippen molar-refractivity contribution in [2.45, 2.75) is 72.4 Å². The van der Waals surface area contributed by atoms with Crippen LogP contribution in [-0.4, -0.2) is 59.2 Å². The number of fused-ring (bicyclic) bond motifs is 1. The molecule has 37 heavy (non-hydrogen) atoms. The van der Waals surface area contributed by atoms with Crippen molar-refractivity contribution < 1.29 is 9.53 Å². The van der Waals surface area contributed by atoms with Crippen molar-refractivity contribution in [2.24, 2.45) is 0 Å². The van der Waals surface area contributed by atoms with Crippen LogP contribution in [0.5, 0.6) is 5.88 Å². The van der Waals surface area contributed by atoms with Crippen LogP contribution in [0, 0.1) is 20.8 Å². The molecule has 1 amide bonds. The highest BCUT2D eigenvalue weighted by Gasteiger charge is 2.19. The SMILES string of the molecule is CCNc1cc(Cl)cc(C(=O)NCc2c(OC)nn3c(C)cc(C)nc23)c1C.CN(C)C1CCCCC1. The number of hydrogen-bond acceptors (Lipinski definition) is 6. The van der Waals surface area contributed by atoms with Gasteiger partial charge < -0.3 is 20.3 Å². The number of carbonyl (C=O) groups excluding carboxylic acids is 1. The lowest BCUT2D eigenvalue weighted by Gasteiger charge is -2.27. The number of anilines is 1. The van der Waals surface area contributed by atoms with Gasteiger partial charge in [0.2, 0.25) is 5.88 Å². The van der Waals surface area contributed by atoms with Crippen LogP contribution in [0.15, 0.2) is 18.2 Å². The molecule has 0 bridgehead atoms. The van der Waals surface area contributed by atoms with Gasteiger partial charge in [0.05, 0.1) is 19.2 Å². The topological polar surface area (TPSA) is 83.8 Å². The maximum atomic E-state index is 12.9. The second kappa shape index (κ2) is 13.1.